The van der Waals surface area contributed by atoms with Crippen LogP contribution in [0.5, 0.6) is 0 Å². The fourth-order valence-electron chi connectivity index (χ4n) is 1.87. The molecule has 4 heteroatoms. The number of hydrogen-bond donors (Lipinski definition) is 2. The first-order valence-electron chi connectivity index (χ1n) is 6.44. The molecule has 100 valence electrons. The van der Waals surface area contributed by atoms with E-state index in [-0.39, 0.29) is 23.5 Å². The molecule has 0 aromatic rings. The summed E-state index contributed by atoms with van der Waals surface area (Å²) in [5.74, 6) is 0.497. The van der Waals surface area contributed by atoms with Crippen LogP contribution in [0.25, 0.3) is 0 Å². The van der Waals surface area contributed by atoms with Crippen LogP contribution in [0.3, 0.4) is 0 Å². The van der Waals surface area contributed by atoms with Crippen molar-refractivity contribution in [2.75, 3.05) is 13.2 Å². The normalized spacial score (nSPS) is 26.9. The molecule has 0 spiro atoms. The van der Waals surface area contributed by atoms with Crippen LogP contribution in [0, 0.1) is 11.3 Å². The van der Waals surface area contributed by atoms with Gasteiger partial charge in [-0.2, -0.15) is 0 Å². The minimum absolute atomic E-state index is 0.0267. The van der Waals surface area contributed by atoms with Crippen molar-refractivity contribution in [1.29, 1.82) is 0 Å². The highest BCUT2D eigenvalue weighted by Gasteiger charge is 2.26. The van der Waals surface area contributed by atoms with Gasteiger partial charge in [-0.1, -0.05) is 20.8 Å². The average Bonchev–Trinajstić information content (AvgIpc) is 2.59. The lowest BCUT2D eigenvalue weighted by Crippen LogP contribution is -2.41. The van der Waals surface area contributed by atoms with Crippen molar-refractivity contribution in [3.63, 3.8) is 0 Å². The third-order valence-electron chi connectivity index (χ3n) is 3.61. The van der Waals surface area contributed by atoms with Gasteiger partial charge in [0.2, 0.25) is 5.91 Å². The summed E-state index contributed by atoms with van der Waals surface area (Å²) in [7, 11) is 0. The fraction of sp³-hybridized carbons (Fsp3) is 0.923. The van der Waals surface area contributed by atoms with E-state index < -0.39 is 0 Å². The van der Waals surface area contributed by atoms with E-state index in [1.165, 1.54) is 0 Å². The maximum atomic E-state index is 11.7. The van der Waals surface area contributed by atoms with Gasteiger partial charge in [0, 0.05) is 31.5 Å². The predicted octanol–water partition coefficient (Wildman–Crippen LogP) is 1.29. The monoisotopic (exact) mass is 242 g/mol. The largest absolute Gasteiger partial charge is 0.378 e. The lowest BCUT2D eigenvalue weighted by atomic mass is 9.85. The van der Waals surface area contributed by atoms with Gasteiger partial charge in [0.1, 0.15) is 0 Å². The molecule has 0 aliphatic carbocycles. The number of rotatable bonds is 4. The van der Waals surface area contributed by atoms with Crippen LogP contribution < -0.4 is 11.1 Å². The zero-order valence-electron chi connectivity index (χ0n) is 11.5. The Balaban J connectivity index is 2.26. The van der Waals surface area contributed by atoms with Gasteiger partial charge in [0.05, 0.1) is 6.10 Å². The molecule has 0 aromatic heterocycles. The molecule has 3 N–H and O–H groups in total. The minimum Gasteiger partial charge on any atom is -0.378 e. The predicted molar refractivity (Wildman–Crippen MR) is 68.6 cm³/mol. The second kappa shape index (κ2) is 5.83. The molecule has 1 saturated heterocycles. The Bertz CT molecular complexity index is 261. The standard InChI is InChI=1S/C13H26N2O2/c1-9-10(5-6-17-9)8-15-12(16)7-11(14)13(2,3)4/h9-11H,5-8,14H2,1-4H3,(H,15,16). The van der Waals surface area contributed by atoms with E-state index in [0.717, 1.165) is 13.0 Å². The summed E-state index contributed by atoms with van der Waals surface area (Å²) in [4.78, 5) is 11.7. The number of carbonyl (C=O) groups is 1. The first kappa shape index (κ1) is 14.5. The third kappa shape index (κ3) is 4.64. The quantitative estimate of drug-likeness (QED) is 0.781. The number of hydrogen-bond acceptors (Lipinski definition) is 3. The molecule has 1 fully saturated rings. The zero-order chi connectivity index (χ0) is 13.1. The van der Waals surface area contributed by atoms with Gasteiger partial charge < -0.3 is 15.8 Å². The molecular formula is C13H26N2O2. The highest BCUT2D eigenvalue weighted by molar-refractivity contribution is 5.76. The molecular weight excluding hydrogens is 216 g/mol. The summed E-state index contributed by atoms with van der Waals surface area (Å²) in [5, 5.41) is 2.96. The van der Waals surface area contributed by atoms with Crippen LogP contribution in [-0.2, 0) is 9.53 Å². The number of amides is 1. The number of nitrogens with two attached hydrogens (primary N) is 1. The van der Waals surface area contributed by atoms with Crippen LogP contribution in [0.15, 0.2) is 0 Å². The Morgan fingerprint density at radius 1 is 1.53 bits per heavy atom. The van der Waals surface area contributed by atoms with Crippen LogP contribution in [0.1, 0.15) is 40.5 Å². The van der Waals surface area contributed by atoms with Crippen molar-refractivity contribution in [3.8, 4) is 0 Å². The Hall–Kier alpha value is -0.610. The summed E-state index contributed by atoms with van der Waals surface area (Å²) >= 11 is 0. The molecule has 0 aromatic carbocycles. The molecule has 4 nitrogen and oxygen atoms in total. The maximum Gasteiger partial charge on any atom is 0.221 e. The number of carbonyl (C=O) groups excluding carboxylic acids is 1. The van der Waals surface area contributed by atoms with Gasteiger partial charge >= 0.3 is 0 Å². The first-order chi connectivity index (χ1) is 7.80. The first-order valence-corrected chi connectivity index (χ1v) is 6.44. The Morgan fingerprint density at radius 2 is 2.18 bits per heavy atom. The summed E-state index contributed by atoms with van der Waals surface area (Å²) < 4.78 is 5.46. The lowest BCUT2D eigenvalue weighted by Gasteiger charge is -2.26. The van der Waals surface area contributed by atoms with Crippen molar-refractivity contribution in [2.45, 2.75) is 52.7 Å². The molecule has 3 unspecified atom stereocenters. The van der Waals surface area contributed by atoms with E-state index in [9.17, 15) is 4.79 Å². The smallest absolute Gasteiger partial charge is 0.221 e. The van der Waals surface area contributed by atoms with E-state index in [0.29, 0.717) is 18.9 Å². The van der Waals surface area contributed by atoms with E-state index in [4.69, 9.17) is 10.5 Å². The zero-order valence-corrected chi connectivity index (χ0v) is 11.5. The lowest BCUT2D eigenvalue weighted by molar-refractivity contribution is -0.122. The van der Waals surface area contributed by atoms with Gasteiger partial charge in [-0.05, 0) is 18.8 Å². The Labute approximate surface area is 104 Å². The van der Waals surface area contributed by atoms with Crippen LogP contribution in [0.2, 0.25) is 0 Å². The molecule has 0 saturated carbocycles. The topological polar surface area (TPSA) is 64.3 Å². The molecule has 0 bridgehead atoms. The maximum absolute atomic E-state index is 11.7. The van der Waals surface area contributed by atoms with Crippen molar-refractivity contribution >= 4 is 5.91 Å². The molecule has 1 amide bonds. The van der Waals surface area contributed by atoms with Crippen LogP contribution >= 0.6 is 0 Å². The van der Waals surface area contributed by atoms with Gasteiger partial charge in [0.25, 0.3) is 0 Å². The van der Waals surface area contributed by atoms with E-state index >= 15 is 0 Å². The van der Waals surface area contributed by atoms with Crippen molar-refractivity contribution < 1.29 is 9.53 Å². The summed E-state index contributed by atoms with van der Waals surface area (Å²) in [6, 6.07) is -0.0975. The molecule has 1 rings (SSSR count). The highest BCUT2D eigenvalue weighted by Crippen LogP contribution is 2.21. The van der Waals surface area contributed by atoms with Gasteiger partial charge in [-0.3, -0.25) is 4.79 Å². The van der Waals surface area contributed by atoms with E-state index in [2.05, 4.69) is 33.0 Å². The minimum atomic E-state index is -0.0975. The average molecular weight is 242 g/mol. The van der Waals surface area contributed by atoms with Crippen molar-refractivity contribution in [1.82, 2.24) is 5.32 Å². The van der Waals surface area contributed by atoms with Crippen molar-refractivity contribution in [3.05, 3.63) is 0 Å². The SMILES string of the molecule is CC1OCCC1CNC(=O)CC(N)C(C)(C)C. The second-order valence-corrected chi connectivity index (χ2v) is 6.11. The fourth-order valence-corrected chi connectivity index (χ4v) is 1.87. The van der Waals surface area contributed by atoms with Gasteiger partial charge in [-0.15, -0.1) is 0 Å². The summed E-state index contributed by atoms with van der Waals surface area (Å²) in [5.41, 5.74) is 5.95. The molecule has 1 heterocycles. The number of ether oxygens (including phenoxy) is 1. The molecule has 17 heavy (non-hydrogen) atoms. The highest BCUT2D eigenvalue weighted by atomic mass is 16.5. The van der Waals surface area contributed by atoms with Gasteiger partial charge in [0.15, 0.2) is 0 Å². The summed E-state index contributed by atoms with van der Waals surface area (Å²) in [6.45, 7) is 9.73. The van der Waals surface area contributed by atoms with Crippen LogP contribution in [0.4, 0.5) is 0 Å². The molecule has 3 atom stereocenters. The Morgan fingerprint density at radius 3 is 2.65 bits per heavy atom. The Kier molecular flexibility index (Phi) is 4.95. The molecule has 0 radical (unpaired) electrons. The number of nitrogens with one attached hydrogen (secondary N) is 1. The van der Waals surface area contributed by atoms with Gasteiger partial charge in [-0.25, -0.2) is 0 Å². The summed E-state index contributed by atoms with van der Waals surface area (Å²) in [6.07, 6.45) is 1.68. The molecule has 1 aliphatic heterocycles. The van der Waals surface area contributed by atoms with Crippen LogP contribution in [-0.4, -0.2) is 31.2 Å². The van der Waals surface area contributed by atoms with Crippen molar-refractivity contribution in [2.24, 2.45) is 17.1 Å². The second-order valence-electron chi connectivity index (χ2n) is 6.11. The molecule has 1 aliphatic rings. The third-order valence-corrected chi connectivity index (χ3v) is 3.61. The van der Waals surface area contributed by atoms with E-state index in [1.54, 1.807) is 0 Å². The van der Waals surface area contributed by atoms with E-state index in [1.807, 2.05) is 0 Å².